The predicted octanol–water partition coefficient (Wildman–Crippen LogP) is 1.91. The van der Waals surface area contributed by atoms with Crippen molar-refractivity contribution in [2.24, 2.45) is 0 Å². The van der Waals surface area contributed by atoms with E-state index in [0.717, 1.165) is 36.5 Å². The van der Waals surface area contributed by atoms with Crippen LogP contribution in [0.3, 0.4) is 0 Å². The number of ether oxygens (including phenoxy) is 2. The van der Waals surface area contributed by atoms with Gasteiger partial charge in [-0.1, -0.05) is 6.07 Å². The van der Waals surface area contributed by atoms with Crippen molar-refractivity contribution < 1.29 is 9.47 Å². The monoisotopic (exact) mass is 221 g/mol. The molecule has 0 saturated heterocycles. The molecule has 0 saturated carbocycles. The van der Waals surface area contributed by atoms with Crippen LogP contribution < -0.4 is 5.32 Å². The lowest BCUT2D eigenvalue weighted by molar-refractivity contribution is -0.108. The van der Waals surface area contributed by atoms with Gasteiger partial charge in [-0.2, -0.15) is 0 Å². The van der Waals surface area contributed by atoms with Crippen molar-refractivity contribution in [1.29, 1.82) is 0 Å². The summed E-state index contributed by atoms with van der Waals surface area (Å²) in [5.74, 6) is 0.938. The highest BCUT2D eigenvalue weighted by Gasteiger charge is 2.18. The third-order valence-corrected chi connectivity index (χ3v) is 2.78. The lowest BCUT2D eigenvalue weighted by Gasteiger charge is -2.21. The first-order valence-electron chi connectivity index (χ1n) is 5.41. The van der Waals surface area contributed by atoms with Crippen LogP contribution in [0.25, 0.3) is 0 Å². The number of hydrogen-bond donors (Lipinski definition) is 1. The molecule has 4 heteroatoms. The van der Waals surface area contributed by atoms with Gasteiger partial charge in [0.15, 0.2) is 0 Å². The summed E-state index contributed by atoms with van der Waals surface area (Å²) in [7, 11) is 3.20. The van der Waals surface area contributed by atoms with Crippen LogP contribution in [0, 0.1) is 6.92 Å². The first-order chi connectivity index (χ1) is 7.76. The van der Waals surface area contributed by atoms with Gasteiger partial charge in [-0.3, -0.25) is 0 Å². The first-order valence-corrected chi connectivity index (χ1v) is 5.41. The molecule has 1 aromatic rings. The summed E-state index contributed by atoms with van der Waals surface area (Å²) in [5, 5.41) is 3.28. The van der Waals surface area contributed by atoms with Gasteiger partial charge in [0.25, 0.3) is 0 Å². The topological polar surface area (TPSA) is 43.4 Å². The molecular formula is C12H17N2O2. The van der Waals surface area contributed by atoms with Crippen LogP contribution in [0.2, 0.25) is 0 Å². The Morgan fingerprint density at radius 3 is 2.88 bits per heavy atom. The number of rotatable bonds is 3. The fraction of sp³-hybridized carbons (Fsp3) is 0.500. The highest BCUT2D eigenvalue weighted by molar-refractivity contribution is 5.50. The molecule has 0 aliphatic carbocycles. The number of pyridine rings is 1. The van der Waals surface area contributed by atoms with Crippen molar-refractivity contribution in [1.82, 2.24) is 4.98 Å². The maximum atomic E-state index is 5.20. The molecule has 1 aliphatic rings. The number of nitrogens with zero attached hydrogens (tertiary/aromatic N) is 1. The standard InChI is InChI=1S/C12H17N2O2/c1-8-7-9-5-4-6-13-11(9)14-10(8)12(15-2)16-3/h7,12H,1,4-6H2,2-3H3,(H,13,14). The van der Waals surface area contributed by atoms with Crippen LogP contribution in [0.4, 0.5) is 5.82 Å². The van der Waals surface area contributed by atoms with Crippen molar-refractivity contribution in [3.63, 3.8) is 0 Å². The van der Waals surface area contributed by atoms with Crippen LogP contribution in [-0.4, -0.2) is 25.7 Å². The van der Waals surface area contributed by atoms with E-state index in [1.54, 1.807) is 14.2 Å². The zero-order chi connectivity index (χ0) is 11.5. The second-order valence-corrected chi connectivity index (χ2v) is 3.87. The van der Waals surface area contributed by atoms with Crippen molar-refractivity contribution >= 4 is 5.82 Å². The molecule has 4 nitrogen and oxygen atoms in total. The molecule has 0 atom stereocenters. The highest BCUT2D eigenvalue weighted by atomic mass is 16.7. The molecule has 2 rings (SSSR count). The van der Waals surface area contributed by atoms with E-state index in [2.05, 4.69) is 23.3 Å². The minimum atomic E-state index is -0.443. The summed E-state index contributed by atoms with van der Waals surface area (Å²) in [5.41, 5.74) is 2.85. The summed E-state index contributed by atoms with van der Waals surface area (Å²) in [4.78, 5) is 4.53. The van der Waals surface area contributed by atoms with Crippen LogP contribution in [0.5, 0.6) is 0 Å². The lowest BCUT2D eigenvalue weighted by atomic mass is 10.0. The first kappa shape index (κ1) is 11.4. The van der Waals surface area contributed by atoms with E-state index in [0.29, 0.717) is 0 Å². The van der Waals surface area contributed by atoms with Crippen LogP contribution in [-0.2, 0) is 15.9 Å². The largest absolute Gasteiger partial charge is 0.370 e. The molecule has 87 valence electrons. The summed E-state index contributed by atoms with van der Waals surface area (Å²) < 4.78 is 10.4. The third kappa shape index (κ3) is 2.03. The van der Waals surface area contributed by atoms with Gasteiger partial charge in [-0.15, -0.1) is 0 Å². The zero-order valence-corrected chi connectivity index (χ0v) is 9.75. The summed E-state index contributed by atoms with van der Waals surface area (Å²) in [6.07, 6.45) is 1.76. The van der Waals surface area contributed by atoms with Crippen molar-refractivity contribution in [3.05, 3.63) is 29.8 Å². The number of aromatic nitrogens is 1. The number of aryl methyl sites for hydroxylation is 1. The Morgan fingerprint density at radius 1 is 1.44 bits per heavy atom. The van der Waals surface area contributed by atoms with Gasteiger partial charge in [0.2, 0.25) is 6.29 Å². The molecule has 0 spiro atoms. The molecule has 16 heavy (non-hydrogen) atoms. The SMILES string of the molecule is [CH2]c1cc2c(nc1C(OC)OC)NCCC2. The number of nitrogens with one attached hydrogen (secondary N) is 1. The van der Waals surface area contributed by atoms with Crippen LogP contribution in [0.15, 0.2) is 6.07 Å². The average Bonchev–Trinajstić information content (AvgIpc) is 2.31. The van der Waals surface area contributed by atoms with E-state index in [4.69, 9.17) is 9.47 Å². The molecule has 0 fully saturated rings. The number of hydrogen-bond acceptors (Lipinski definition) is 4. The fourth-order valence-electron chi connectivity index (χ4n) is 1.97. The van der Waals surface area contributed by atoms with Gasteiger partial charge in [0, 0.05) is 20.8 Å². The summed E-state index contributed by atoms with van der Waals surface area (Å²) in [6.45, 7) is 4.97. The smallest absolute Gasteiger partial charge is 0.200 e. The molecule has 0 bridgehead atoms. The normalized spacial score (nSPS) is 14.8. The Hall–Kier alpha value is -1.13. The minimum Gasteiger partial charge on any atom is -0.370 e. The van der Waals surface area contributed by atoms with Gasteiger partial charge < -0.3 is 14.8 Å². The average molecular weight is 221 g/mol. The van der Waals surface area contributed by atoms with E-state index >= 15 is 0 Å². The maximum Gasteiger partial charge on any atom is 0.200 e. The van der Waals surface area contributed by atoms with E-state index in [9.17, 15) is 0 Å². The van der Waals surface area contributed by atoms with Crippen LogP contribution in [0.1, 0.15) is 29.5 Å². The molecule has 1 N–H and O–H groups in total. The molecule has 0 unspecified atom stereocenters. The zero-order valence-electron chi connectivity index (χ0n) is 9.75. The van der Waals surface area contributed by atoms with Crippen LogP contribution >= 0.6 is 0 Å². The van der Waals surface area contributed by atoms with E-state index in [1.807, 2.05) is 0 Å². The summed E-state index contributed by atoms with van der Waals surface area (Å²) >= 11 is 0. The molecule has 1 radical (unpaired) electrons. The maximum absolute atomic E-state index is 5.20. The molecule has 0 aromatic carbocycles. The van der Waals surface area contributed by atoms with Crippen molar-refractivity contribution in [3.8, 4) is 0 Å². The Labute approximate surface area is 96.0 Å². The number of fused-ring (bicyclic) bond motifs is 1. The Kier molecular flexibility index (Phi) is 3.41. The molecule has 2 heterocycles. The van der Waals surface area contributed by atoms with Crippen molar-refractivity contribution in [2.75, 3.05) is 26.1 Å². The van der Waals surface area contributed by atoms with E-state index in [1.165, 1.54) is 5.56 Å². The van der Waals surface area contributed by atoms with Gasteiger partial charge in [-0.05, 0) is 30.9 Å². The minimum absolute atomic E-state index is 0.443. The molecule has 0 amide bonds. The number of methoxy groups -OCH3 is 2. The van der Waals surface area contributed by atoms with E-state index < -0.39 is 6.29 Å². The quantitative estimate of drug-likeness (QED) is 0.792. The van der Waals surface area contributed by atoms with Gasteiger partial charge >= 0.3 is 0 Å². The predicted molar refractivity (Wildman–Crippen MR) is 62.3 cm³/mol. The van der Waals surface area contributed by atoms with Crippen molar-refractivity contribution in [2.45, 2.75) is 19.1 Å². The molecular weight excluding hydrogens is 204 g/mol. The summed E-state index contributed by atoms with van der Waals surface area (Å²) in [6, 6.07) is 2.06. The molecule has 1 aromatic heterocycles. The second-order valence-electron chi connectivity index (χ2n) is 3.87. The number of anilines is 1. The van der Waals surface area contributed by atoms with Gasteiger partial charge in [0.05, 0.1) is 0 Å². The third-order valence-electron chi connectivity index (χ3n) is 2.78. The fourth-order valence-corrected chi connectivity index (χ4v) is 1.97. The van der Waals surface area contributed by atoms with E-state index in [-0.39, 0.29) is 0 Å². The highest BCUT2D eigenvalue weighted by Crippen LogP contribution is 2.26. The molecule has 1 aliphatic heterocycles. The van der Waals surface area contributed by atoms with Gasteiger partial charge in [0.1, 0.15) is 11.5 Å². The second kappa shape index (κ2) is 4.80. The Morgan fingerprint density at radius 2 is 2.19 bits per heavy atom. The van der Waals surface area contributed by atoms with Gasteiger partial charge in [-0.25, -0.2) is 4.98 Å². The Balaban J connectivity index is 2.38. The Bertz CT molecular complexity index is 376. The lowest BCUT2D eigenvalue weighted by Crippen LogP contribution is -2.17.